The van der Waals surface area contributed by atoms with Gasteiger partial charge in [0, 0.05) is 5.56 Å². The van der Waals surface area contributed by atoms with Crippen molar-refractivity contribution in [1.82, 2.24) is 0 Å². The van der Waals surface area contributed by atoms with Crippen LogP contribution in [0.25, 0.3) is 0 Å². The number of benzene rings is 2. The average molecular weight is 345 g/mol. The molecular weight excluding hydrogens is 337 g/mol. The molecule has 2 aromatic rings. The predicted molar refractivity (Wildman–Crippen MR) is 75.2 cm³/mol. The molecule has 98 valence electrons. The van der Waals surface area contributed by atoms with E-state index in [1.165, 1.54) is 30.3 Å². The fourth-order valence-corrected chi connectivity index (χ4v) is 1.85. The summed E-state index contributed by atoms with van der Waals surface area (Å²) in [5, 5.41) is 12.2. The average Bonchev–Trinajstić information content (AvgIpc) is 2.37. The lowest BCUT2D eigenvalue weighted by Crippen LogP contribution is -2.12. The summed E-state index contributed by atoms with van der Waals surface area (Å²) in [5.41, 5.74) is 0.412. The van der Waals surface area contributed by atoms with Gasteiger partial charge >= 0.3 is 0 Å². The first-order valence-corrected chi connectivity index (χ1v) is 6.39. The summed E-state index contributed by atoms with van der Waals surface area (Å²) in [4.78, 5) is 11.9. The van der Waals surface area contributed by atoms with E-state index in [9.17, 15) is 14.3 Å². The van der Waals surface area contributed by atoms with Crippen molar-refractivity contribution in [3.8, 4) is 5.75 Å². The largest absolute Gasteiger partial charge is 0.507 e. The van der Waals surface area contributed by atoms with Crippen LogP contribution in [0, 0.1) is 5.82 Å². The molecule has 2 N–H and O–H groups in total. The lowest BCUT2D eigenvalue weighted by molar-refractivity contribution is 0.102. The molecule has 0 saturated heterocycles. The van der Waals surface area contributed by atoms with Crippen LogP contribution in [0.3, 0.4) is 0 Å². The first-order chi connectivity index (χ1) is 8.97. The van der Waals surface area contributed by atoms with Crippen molar-refractivity contribution in [3.05, 3.63) is 57.3 Å². The highest BCUT2D eigenvalue weighted by Crippen LogP contribution is 2.26. The Balaban J connectivity index is 2.25. The number of carbonyl (C=O) groups is 1. The van der Waals surface area contributed by atoms with E-state index in [4.69, 9.17) is 11.6 Å². The summed E-state index contributed by atoms with van der Waals surface area (Å²) in [6.45, 7) is 0. The van der Waals surface area contributed by atoms with Gasteiger partial charge in [-0.05, 0) is 52.3 Å². The van der Waals surface area contributed by atoms with E-state index < -0.39 is 11.7 Å². The van der Waals surface area contributed by atoms with Gasteiger partial charge < -0.3 is 10.4 Å². The second-order valence-corrected chi connectivity index (χ2v) is 5.01. The molecule has 2 rings (SSSR count). The maximum Gasteiger partial charge on any atom is 0.255 e. The van der Waals surface area contributed by atoms with Gasteiger partial charge in [0.25, 0.3) is 5.91 Å². The Bertz CT molecular complexity index is 649. The van der Waals surface area contributed by atoms with Crippen LogP contribution < -0.4 is 5.32 Å². The van der Waals surface area contributed by atoms with Gasteiger partial charge in [0.2, 0.25) is 0 Å². The van der Waals surface area contributed by atoms with E-state index in [1.807, 2.05) is 0 Å². The van der Waals surface area contributed by atoms with Crippen LogP contribution in [-0.4, -0.2) is 11.0 Å². The first kappa shape index (κ1) is 13.8. The first-order valence-electron chi connectivity index (χ1n) is 5.22. The van der Waals surface area contributed by atoms with Gasteiger partial charge in [0.1, 0.15) is 11.6 Å². The zero-order valence-electron chi connectivity index (χ0n) is 9.45. The minimum Gasteiger partial charge on any atom is -0.507 e. The van der Waals surface area contributed by atoms with Crippen molar-refractivity contribution in [3.63, 3.8) is 0 Å². The highest BCUT2D eigenvalue weighted by molar-refractivity contribution is 9.10. The Morgan fingerprint density at radius 2 is 2.00 bits per heavy atom. The van der Waals surface area contributed by atoms with Gasteiger partial charge in [-0.25, -0.2) is 4.39 Å². The number of hydrogen-bond donors (Lipinski definition) is 2. The van der Waals surface area contributed by atoms with Gasteiger partial charge in [0.05, 0.1) is 15.2 Å². The molecular formula is C13H8BrClFNO2. The number of halogens is 3. The number of carbonyl (C=O) groups excluding carboxylic acids is 1. The number of phenolic OH excluding ortho intramolecular Hbond substituents is 1. The number of aromatic hydroxyl groups is 1. The third-order valence-corrected chi connectivity index (χ3v) is 3.39. The van der Waals surface area contributed by atoms with Gasteiger partial charge in [-0.1, -0.05) is 11.6 Å². The summed E-state index contributed by atoms with van der Waals surface area (Å²) in [7, 11) is 0. The van der Waals surface area contributed by atoms with E-state index in [2.05, 4.69) is 21.2 Å². The maximum absolute atomic E-state index is 13.1. The number of anilines is 1. The number of rotatable bonds is 2. The fourth-order valence-electron chi connectivity index (χ4n) is 1.44. The van der Waals surface area contributed by atoms with Crippen molar-refractivity contribution in [2.75, 3.05) is 5.32 Å². The Morgan fingerprint density at radius 1 is 1.26 bits per heavy atom. The topological polar surface area (TPSA) is 49.3 Å². The Morgan fingerprint density at radius 3 is 2.68 bits per heavy atom. The Labute approximate surface area is 122 Å². The molecule has 0 aromatic heterocycles. The molecule has 0 aliphatic carbocycles. The standard InChI is InChI=1S/C13H8BrClFNO2/c14-9-3-1-7(5-12(9)18)13(19)17-11-6-8(16)2-4-10(11)15/h1-6,18H,(H,17,19). The molecule has 0 atom stereocenters. The molecule has 0 unspecified atom stereocenters. The maximum atomic E-state index is 13.1. The van der Waals surface area contributed by atoms with Crippen LogP contribution in [0.4, 0.5) is 10.1 Å². The van der Waals surface area contributed by atoms with Crippen molar-refractivity contribution in [1.29, 1.82) is 0 Å². The smallest absolute Gasteiger partial charge is 0.255 e. The summed E-state index contributed by atoms with van der Waals surface area (Å²) in [5.74, 6) is -1.05. The van der Waals surface area contributed by atoms with Gasteiger partial charge in [-0.2, -0.15) is 0 Å². The van der Waals surface area contributed by atoms with Crippen molar-refractivity contribution >= 4 is 39.1 Å². The molecule has 6 heteroatoms. The fraction of sp³-hybridized carbons (Fsp3) is 0. The van der Waals surface area contributed by atoms with Gasteiger partial charge in [-0.15, -0.1) is 0 Å². The summed E-state index contributed by atoms with van der Waals surface area (Å²) in [6, 6.07) is 8.03. The van der Waals surface area contributed by atoms with Crippen LogP contribution in [0.1, 0.15) is 10.4 Å². The van der Waals surface area contributed by atoms with Crippen LogP contribution in [0.15, 0.2) is 40.9 Å². The Kier molecular flexibility index (Phi) is 4.07. The number of hydrogen-bond acceptors (Lipinski definition) is 2. The molecule has 0 aliphatic rings. The van der Waals surface area contributed by atoms with E-state index in [1.54, 1.807) is 0 Å². The van der Waals surface area contributed by atoms with Crippen LogP contribution >= 0.6 is 27.5 Å². The molecule has 0 fully saturated rings. The van der Waals surface area contributed by atoms with E-state index >= 15 is 0 Å². The van der Waals surface area contributed by atoms with Crippen LogP contribution in [0.5, 0.6) is 5.75 Å². The monoisotopic (exact) mass is 343 g/mol. The minimum atomic E-state index is -0.502. The predicted octanol–water partition coefficient (Wildman–Crippen LogP) is 4.20. The molecule has 0 radical (unpaired) electrons. The van der Waals surface area contributed by atoms with E-state index in [0.29, 0.717) is 4.47 Å². The molecule has 0 aliphatic heterocycles. The number of phenols is 1. The summed E-state index contributed by atoms with van der Waals surface area (Å²) >= 11 is 8.96. The second-order valence-electron chi connectivity index (χ2n) is 3.74. The lowest BCUT2D eigenvalue weighted by atomic mass is 10.2. The van der Waals surface area contributed by atoms with E-state index in [-0.39, 0.29) is 22.0 Å². The molecule has 0 spiro atoms. The molecule has 19 heavy (non-hydrogen) atoms. The van der Waals surface area contributed by atoms with Gasteiger partial charge in [-0.3, -0.25) is 4.79 Å². The van der Waals surface area contributed by atoms with Crippen LogP contribution in [0.2, 0.25) is 5.02 Å². The molecule has 0 saturated carbocycles. The summed E-state index contributed by atoms with van der Waals surface area (Å²) in [6.07, 6.45) is 0. The number of amides is 1. The normalized spacial score (nSPS) is 10.3. The van der Waals surface area contributed by atoms with Gasteiger partial charge in [0.15, 0.2) is 0 Å². The number of nitrogens with one attached hydrogen (secondary N) is 1. The quantitative estimate of drug-likeness (QED) is 0.858. The summed E-state index contributed by atoms with van der Waals surface area (Å²) < 4.78 is 13.5. The van der Waals surface area contributed by atoms with E-state index in [0.717, 1.165) is 6.07 Å². The third-order valence-electron chi connectivity index (χ3n) is 2.38. The molecule has 1 amide bonds. The molecule has 3 nitrogen and oxygen atoms in total. The zero-order chi connectivity index (χ0) is 14.0. The Hall–Kier alpha value is -1.59. The van der Waals surface area contributed by atoms with Crippen LogP contribution in [-0.2, 0) is 0 Å². The second kappa shape index (κ2) is 5.59. The zero-order valence-corrected chi connectivity index (χ0v) is 11.8. The third kappa shape index (κ3) is 3.24. The lowest BCUT2D eigenvalue weighted by Gasteiger charge is -2.08. The van der Waals surface area contributed by atoms with Crippen molar-refractivity contribution in [2.45, 2.75) is 0 Å². The molecule has 0 heterocycles. The van der Waals surface area contributed by atoms with Crippen molar-refractivity contribution < 1.29 is 14.3 Å². The molecule has 0 bridgehead atoms. The highest BCUT2D eigenvalue weighted by atomic mass is 79.9. The molecule has 2 aromatic carbocycles. The highest BCUT2D eigenvalue weighted by Gasteiger charge is 2.11. The SMILES string of the molecule is O=C(Nc1cc(F)ccc1Cl)c1ccc(Br)c(O)c1. The minimum absolute atomic E-state index is 0.0574. The van der Waals surface area contributed by atoms with Crippen molar-refractivity contribution in [2.24, 2.45) is 0 Å².